The van der Waals surface area contributed by atoms with Crippen molar-refractivity contribution in [2.75, 3.05) is 5.32 Å². The molecule has 1 atom stereocenters. The summed E-state index contributed by atoms with van der Waals surface area (Å²) in [5.74, 6) is -0.209. The van der Waals surface area contributed by atoms with Crippen LogP contribution in [0, 0.1) is 0 Å². The van der Waals surface area contributed by atoms with Crippen molar-refractivity contribution < 1.29 is 4.79 Å². The maximum absolute atomic E-state index is 12.1. The molecule has 1 aromatic carbocycles. The SMILES string of the molecule is CCCC[C@H](N)C(=O)Nc1cccc(Cl)c1-n1cccn1. The van der Waals surface area contributed by atoms with Gasteiger partial charge in [-0.2, -0.15) is 5.10 Å². The van der Waals surface area contributed by atoms with Gasteiger partial charge in [-0.05, 0) is 24.6 Å². The molecule has 0 aliphatic heterocycles. The molecule has 0 unspecified atom stereocenters. The van der Waals surface area contributed by atoms with E-state index in [-0.39, 0.29) is 5.91 Å². The highest BCUT2D eigenvalue weighted by atomic mass is 35.5. The Hall–Kier alpha value is -1.85. The van der Waals surface area contributed by atoms with Crippen LogP contribution in [0.4, 0.5) is 5.69 Å². The molecule has 0 aliphatic carbocycles. The highest BCUT2D eigenvalue weighted by Crippen LogP contribution is 2.28. The van der Waals surface area contributed by atoms with Crippen LogP contribution in [0.5, 0.6) is 0 Å². The van der Waals surface area contributed by atoms with E-state index in [1.54, 1.807) is 41.3 Å². The molecule has 0 spiro atoms. The maximum Gasteiger partial charge on any atom is 0.241 e. The molecular weight excluding hydrogens is 288 g/mol. The molecule has 2 aromatic rings. The number of carbonyl (C=O) groups is 1. The lowest BCUT2D eigenvalue weighted by atomic mass is 10.1. The molecule has 6 heteroatoms. The third-order valence-electron chi connectivity index (χ3n) is 3.18. The predicted molar refractivity (Wildman–Crippen MR) is 84.7 cm³/mol. The van der Waals surface area contributed by atoms with Gasteiger partial charge in [0.1, 0.15) is 5.69 Å². The standard InChI is InChI=1S/C15H19ClN4O/c1-2-3-7-12(17)15(21)19-13-8-4-6-11(16)14(13)20-10-5-9-18-20/h4-6,8-10,12H,2-3,7,17H2,1H3,(H,19,21)/t12-/m0/s1. The van der Waals surface area contributed by atoms with Crippen LogP contribution in [0.1, 0.15) is 26.2 Å². The number of para-hydroxylation sites is 1. The van der Waals surface area contributed by atoms with E-state index in [9.17, 15) is 4.79 Å². The Labute approximate surface area is 129 Å². The van der Waals surface area contributed by atoms with Crippen LogP contribution >= 0.6 is 11.6 Å². The van der Waals surface area contributed by atoms with Gasteiger partial charge in [0.2, 0.25) is 5.91 Å². The number of nitrogens with one attached hydrogen (secondary N) is 1. The fraction of sp³-hybridized carbons (Fsp3) is 0.333. The molecule has 21 heavy (non-hydrogen) atoms. The first-order chi connectivity index (χ1) is 10.1. The highest BCUT2D eigenvalue weighted by molar-refractivity contribution is 6.33. The van der Waals surface area contributed by atoms with Crippen LogP contribution in [0.2, 0.25) is 5.02 Å². The minimum absolute atomic E-state index is 0.209. The van der Waals surface area contributed by atoms with Gasteiger partial charge in [0.05, 0.1) is 16.8 Å². The zero-order chi connectivity index (χ0) is 15.2. The Balaban J connectivity index is 2.21. The lowest BCUT2D eigenvalue weighted by Gasteiger charge is -2.15. The number of amides is 1. The first-order valence-corrected chi connectivity index (χ1v) is 7.36. The number of nitrogens with zero attached hydrogens (tertiary/aromatic N) is 2. The molecule has 0 saturated heterocycles. The number of anilines is 1. The molecule has 112 valence electrons. The number of halogens is 1. The molecule has 1 amide bonds. The topological polar surface area (TPSA) is 72.9 Å². The minimum atomic E-state index is -0.519. The second kappa shape index (κ2) is 7.24. The zero-order valence-electron chi connectivity index (χ0n) is 11.9. The Kier molecular flexibility index (Phi) is 5.36. The molecule has 0 bridgehead atoms. The Morgan fingerprint density at radius 3 is 2.95 bits per heavy atom. The molecule has 0 aliphatic rings. The number of nitrogens with two attached hydrogens (primary N) is 1. The van der Waals surface area contributed by atoms with Crippen molar-refractivity contribution in [1.82, 2.24) is 9.78 Å². The fourth-order valence-corrected chi connectivity index (χ4v) is 2.29. The molecule has 1 aromatic heterocycles. The van der Waals surface area contributed by atoms with Crippen molar-refractivity contribution in [2.45, 2.75) is 32.2 Å². The van der Waals surface area contributed by atoms with Gasteiger partial charge < -0.3 is 11.1 Å². The molecule has 1 heterocycles. The number of hydrogen-bond acceptors (Lipinski definition) is 3. The first-order valence-electron chi connectivity index (χ1n) is 6.98. The second-order valence-electron chi connectivity index (χ2n) is 4.82. The lowest BCUT2D eigenvalue weighted by molar-refractivity contribution is -0.117. The maximum atomic E-state index is 12.1. The van der Waals surface area contributed by atoms with Gasteiger partial charge in [-0.3, -0.25) is 4.79 Å². The summed E-state index contributed by atoms with van der Waals surface area (Å²) in [7, 11) is 0. The van der Waals surface area contributed by atoms with Crippen molar-refractivity contribution in [3.8, 4) is 5.69 Å². The monoisotopic (exact) mass is 306 g/mol. The highest BCUT2D eigenvalue weighted by Gasteiger charge is 2.16. The molecule has 2 rings (SSSR count). The number of benzene rings is 1. The summed E-state index contributed by atoms with van der Waals surface area (Å²) in [6.07, 6.45) is 6.03. The van der Waals surface area contributed by atoms with E-state index in [0.29, 0.717) is 22.8 Å². The second-order valence-corrected chi connectivity index (χ2v) is 5.23. The first kappa shape index (κ1) is 15.5. The van der Waals surface area contributed by atoms with E-state index in [4.69, 9.17) is 17.3 Å². The van der Waals surface area contributed by atoms with Crippen LogP contribution in [-0.4, -0.2) is 21.7 Å². The normalized spacial score (nSPS) is 12.1. The van der Waals surface area contributed by atoms with E-state index in [0.717, 1.165) is 12.8 Å². The minimum Gasteiger partial charge on any atom is -0.323 e. The largest absolute Gasteiger partial charge is 0.323 e. The summed E-state index contributed by atoms with van der Waals surface area (Å²) >= 11 is 6.22. The van der Waals surface area contributed by atoms with Crippen LogP contribution in [0.3, 0.4) is 0 Å². The van der Waals surface area contributed by atoms with Gasteiger partial charge in [-0.15, -0.1) is 0 Å². The number of hydrogen-bond donors (Lipinski definition) is 2. The van der Waals surface area contributed by atoms with E-state index in [1.165, 1.54) is 0 Å². The molecule has 0 fully saturated rings. The van der Waals surface area contributed by atoms with E-state index in [2.05, 4.69) is 17.3 Å². The fourth-order valence-electron chi connectivity index (χ4n) is 2.03. The average Bonchev–Trinajstić information content (AvgIpc) is 2.98. The Morgan fingerprint density at radius 1 is 1.48 bits per heavy atom. The molecule has 0 radical (unpaired) electrons. The zero-order valence-corrected chi connectivity index (χ0v) is 12.7. The lowest BCUT2D eigenvalue weighted by Crippen LogP contribution is -2.35. The van der Waals surface area contributed by atoms with E-state index in [1.807, 2.05) is 0 Å². The van der Waals surface area contributed by atoms with Gasteiger partial charge in [0.15, 0.2) is 0 Å². The third-order valence-corrected chi connectivity index (χ3v) is 3.49. The van der Waals surface area contributed by atoms with Gasteiger partial charge in [0.25, 0.3) is 0 Å². The van der Waals surface area contributed by atoms with Crippen LogP contribution < -0.4 is 11.1 Å². The van der Waals surface area contributed by atoms with Crippen molar-refractivity contribution in [3.05, 3.63) is 41.7 Å². The van der Waals surface area contributed by atoms with Crippen molar-refractivity contribution in [3.63, 3.8) is 0 Å². The van der Waals surface area contributed by atoms with Gasteiger partial charge in [0, 0.05) is 12.4 Å². The van der Waals surface area contributed by atoms with Crippen LogP contribution in [0.25, 0.3) is 5.69 Å². The Morgan fingerprint density at radius 2 is 2.29 bits per heavy atom. The van der Waals surface area contributed by atoms with Crippen LogP contribution in [-0.2, 0) is 4.79 Å². The number of unbranched alkanes of at least 4 members (excludes halogenated alkanes) is 1. The van der Waals surface area contributed by atoms with Crippen LogP contribution in [0.15, 0.2) is 36.7 Å². The predicted octanol–water partition coefficient (Wildman–Crippen LogP) is 2.98. The summed E-state index contributed by atoms with van der Waals surface area (Å²) < 4.78 is 1.62. The quantitative estimate of drug-likeness (QED) is 0.861. The Bertz CT molecular complexity index is 598. The number of aromatic nitrogens is 2. The van der Waals surface area contributed by atoms with Gasteiger partial charge in [-0.25, -0.2) is 4.68 Å². The molecular formula is C15H19ClN4O. The molecule has 0 saturated carbocycles. The van der Waals surface area contributed by atoms with Crippen molar-refractivity contribution >= 4 is 23.2 Å². The van der Waals surface area contributed by atoms with Crippen molar-refractivity contribution in [1.29, 1.82) is 0 Å². The summed E-state index contributed by atoms with van der Waals surface area (Å²) in [5.41, 5.74) is 7.13. The summed E-state index contributed by atoms with van der Waals surface area (Å²) in [6, 6.07) is 6.60. The number of carbonyl (C=O) groups excluding carboxylic acids is 1. The summed E-state index contributed by atoms with van der Waals surface area (Å²) in [6.45, 7) is 2.07. The average molecular weight is 307 g/mol. The van der Waals surface area contributed by atoms with E-state index < -0.39 is 6.04 Å². The summed E-state index contributed by atoms with van der Waals surface area (Å²) in [4.78, 5) is 12.1. The van der Waals surface area contributed by atoms with E-state index >= 15 is 0 Å². The smallest absolute Gasteiger partial charge is 0.241 e. The molecule has 5 nitrogen and oxygen atoms in total. The van der Waals surface area contributed by atoms with Gasteiger partial charge in [-0.1, -0.05) is 37.4 Å². The molecule has 3 N–H and O–H groups in total. The number of rotatable bonds is 6. The summed E-state index contributed by atoms with van der Waals surface area (Å²) in [5, 5.41) is 7.51. The van der Waals surface area contributed by atoms with Gasteiger partial charge >= 0.3 is 0 Å². The van der Waals surface area contributed by atoms with Crippen molar-refractivity contribution in [2.24, 2.45) is 5.73 Å². The third kappa shape index (κ3) is 3.83.